The van der Waals surface area contributed by atoms with Gasteiger partial charge in [0, 0.05) is 11.1 Å². The lowest BCUT2D eigenvalue weighted by atomic mass is 9.98. The van der Waals surface area contributed by atoms with Crippen LogP contribution >= 0.6 is 0 Å². The van der Waals surface area contributed by atoms with Crippen LogP contribution < -0.4 is 4.74 Å². The number of carboxylic acid groups (broad SMARTS) is 1. The lowest BCUT2D eigenvalue weighted by Gasteiger charge is -2.16. The Kier molecular flexibility index (Phi) is 3.84. The summed E-state index contributed by atoms with van der Waals surface area (Å²) < 4.78 is 18.3. The summed E-state index contributed by atoms with van der Waals surface area (Å²) in [5.74, 6) is -1.19. The van der Waals surface area contributed by atoms with Gasteiger partial charge < -0.3 is 14.9 Å². The van der Waals surface area contributed by atoms with Crippen LogP contribution in [-0.4, -0.2) is 23.3 Å². The van der Waals surface area contributed by atoms with E-state index in [0.29, 0.717) is 0 Å². The molecule has 88 valence electrons. The standard InChI is InChI=1S/C11H13FO4/c1-6(12)9-7(10(13)11(14)15)4-3-5-8(9)16-2/h3-6,10,13H,1-2H3,(H,14,15). The molecule has 0 fully saturated rings. The van der Waals surface area contributed by atoms with E-state index in [0.717, 1.165) is 0 Å². The van der Waals surface area contributed by atoms with E-state index in [-0.39, 0.29) is 16.9 Å². The van der Waals surface area contributed by atoms with Crippen LogP contribution in [0.2, 0.25) is 0 Å². The molecule has 0 aliphatic heterocycles. The molecule has 0 aliphatic rings. The first-order valence-electron chi connectivity index (χ1n) is 4.70. The minimum Gasteiger partial charge on any atom is -0.496 e. The molecule has 4 nitrogen and oxygen atoms in total. The number of aliphatic hydroxyl groups excluding tert-OH is 1. The summed E-state index contributed by atoms with van der Waals surface area (Å²) >= 11 is 0. The molecule has 0 spiro atoms. The van der Waals surface area contributed by atoms with Crippen molar-refractivity contribution < 1.29 is 24.1 Å². The molecule has 2 unspecified atom stereocenters. The number of benzene rings is 1. The number of aliphatic carboxylic acids is 1. The predicted molar refractivity (Wildman–Crippen MR) is 55.1 cm³/mol. The number of methoxy groups -OCH3 is 1. The summed E-state index contributed by atoms with van der Waals surface area (Å²) in [6, 6.07) is 4.39. The Hall–Kier alpha value is -1.62. The summed E-state index contributed by atoms with van der Waals surface area (Å²) in [5, 5.41) is 18.1. The van der Waals surface area contributed by atoms with Crippen LogP contribution in [-0.2, 0) is 4.79 Å². The van der Waals surface area contributed by atoms with Crippen LogP contribution in [0, 0.1) is 0 Å². The summed E-state index contributed by atoms with van der Waals surface area (Å²) in [5.41, 5.74) is 0.0850. The Balaban J connectivity index is 3.32. The molecule has 0 saturated carbocycles. The van der Waals surface area contributed by atoms with Crippen LogP contribution in [0.4, 0.5) is 4.39 Å². The van der Waals surface area contributed by atoms with E-state index in [4.69, 9.17) is 9.84 Å². The number of alkyl halides is 1. The fourth-order valence-corrected chi connectivity index (χ4v) is 1.54. The highest BCUT2D eigenvalue weighted by Crippen LogP contribution is 2.34. The lowest BCUT2D eigenvalue weighted by Crippen LogP contribution is -2.13. The average molecular weight is 228 g/mol. The van der Waals surface area contributed by atoms with Crippen molar-refractivity contribution in [3.05, 3.63) is 29.3 Å². The molecule has 1 rings (SSSR count). The molecular weight excluding hydrogens is 215 g/mol. The van der Waals surface area contributed by atoms with E-state index < -0.39 is 18.2 Å². The molecule has 1 aromatic rings. The van der Waals surface area contributed by atoms with Gasteiger partial charge in [-0.25, -0.2) is 9.18 Å². The fraction of sp³-hybridized carbons (Fsp3) is 0.364. The van der Waals surface area contributed by atoms with Crippen LogP contribution in [0.5, 0.6) is 5.75 Å². The second-order valence-corrected chi connectivity index (χ2v) is 3.32. The zero-order valence-corrected chi connectivity index (χ0v) is 8.98. The van der Waals surface area contributed by atoms with Gasteiger partial charge in [-0.05, 0) is 13.0 Å². The zero-order chi connectivity index (χ0) is 12.3. The van der Waals surface area contributed by atoms with Gasteiger partial charge in [0.25, 0.3) is 0 Å². The Morgan fingerprint density at radius 1 is 1.50 bits per heavy atom. The molecule has 2 N–H and O–H groups in total. The van der Waals surface area contributed by atoms with Crippen molar-refractivity contribution in [2.75, 3.05) is 7.11 Å². The van der Waals surface area contributed by atoms with E-state index in [1.54, 1.807) is 0 Å². The number of hydrogen-bond acceptors (Lipinski definition) is 3. The second-order valence-electron chi connectivity index (χ2n) is 3.32. The third-order valence-electron chi connectivity index (χ3n) is 2.25. The van der Waals surface area contributed by atoms with Crippen LogP contribution in [0.25, 0.3) is 0 Å². The van der Waals surface area contributed by atoms with Crippen molar-refractivity contribution in [3.63, 3.8) is 0 Å². The first-order valence-corrected chi connectivity index (χ1v) is 4.70. The molecule has 0 saturated heterocycles. The average Bonchev–Trinajstić information content (AvgIpc) is 2.26. The topological polar surface area (TPSA) is 66.8 Å². The van der Waals surface area contributed by atoms with E-state index >= 15 is 0 Å². The Labute approximate surface area is 92.3 Å². The number of rotatable bonds is 4. The molecule has 0 aliphatic carbocycles. The van der Waals surface area contributed by atoms with Crippen molar-refractivity contribution in [2.24, 2.45) is 0 Å². The number of carboxylic acids is 1. The lowest BCUT2D eigenvalue weighted by molar-refractivity contribution is -0.147. The maximum atomic E-state index is 13.4. The molecule has 0 radical (unpaired) electrons. The van der Waals surface area contributed by atoms with Gasteiger partial charge in [-0.2, -0.15) is 0 Å². The summed E-state index contributed by atoms with van der Waals surface area (Å²) in [6.45, 7) is 1.26. The Morgan fingerprint density at radius 2 is 2.12 bits per heavy atom. The molecule has 5 heteroatoms. The number of carbonyl (C=O) groups is 1. The monoisotopic (exact) mass is 228 g/mol. The van der Waals surface area contributed by atoms with E-state index in [1.807, 2.05) is 0 Å². The number of ether oxygens (including phenoxy) is 1. The van der Waals surface area contributed by atoms with Crippen molar-refractivity contribution in [1.29, 1.82) is 0 Å². The molecule has 2 atom stereocenters. The largest absolute Gasteiger partial charge is 0.496 e. The molecule has 0 bridgehead atoms. The Morgan fingerprint density at radius 3 is 2.56 bits per heavy atom. The normalized spacial score (nSPS) is 14.2. The highest BCUT2D eigenvalue weighted by atomic mass is 19.1. The summed E-state index contributed by atoms with van der Waals surface area (Å²) in [7, 11) is 1.36. The second kappa shape index (κ2) is 4.94. The van der Waals surface area contributed by atoms with Crippen LogP contribution in [0.3, 0.4) is 0 Å². The first kappa shape index (κ1) is 12.4. The highest BCUT2D eigenvalue weighted by Gasteiger charge is 2.24. The van der Waals surface area contributed by atoms with Gasteiger partial charge in [0.15, 0.2) is 6.10 Å². The predicted octanol–water partition coefficient (Wildman–Crippen LogP) is 1.84. The first-order chi connectivity index (χ1) is 7.49. The van der Waals surface area contributed by atoms with E-state index in [2.05, 4.69) is 0 Å². The fourth-order valence-electron chi connectivity index (χ4n) is 1.54. The maximum absolute atomic E-state index is 13.4. The maximum Gasteiger partial charge on any atom is 0.337 e. The number of aliphatic hydroxyl groups is 1. The van der Waals surface area contributed by atoms with Gasteiger partial charge in [-0.3, -0.25) is 0 Å². The van der Waals surface area contributed by atoms with Gasteiger partial charge in [0.1, 0.15) is 11.9 Å². The van der Waals surface area contributed by atoms with Crippen molar-refractivity contribution >= 4 is 5.97 Å². The number of hydrogen-bond donors (Lipinski definition) is 2. The van der Waals surface area contributed by atoms with Gasteiger partial charge in [-0.1, -0.05) is 12.1 Å². The molecule has 16 heavy (non-hydrogen) atoms. The van der Waals surface area contributed by atoms with Gasteiger partial charge in [0.05, 0.1) is 7.11 Å². The van der Waals surface area contributed by atoms with Crippen LogP contribution in [0.1, 0.15) is 30.3 Å². The third kappa shape index (κ3) is 2.30. The molecule has 1 aromatic carbocycles. The SMILES string of the molecule is COc1cccc(C(O)C(=O)O)c1C(C)F. The summed E-state index contributed by atoms with van der Waals surface area (Å²) in [6.07, 6.45) is -3.16. The highest BCUT2D eigenvalue weighted by molar-refractivity contribution is 5.75. The van der Waals surface area contributed by atoms with Crippen molar-refractivity contribution in [2.45, 2.75) is 19.2 Å². The van der Waals surface area contributed by atoms with Gasteiger partial charge in [0.2, 0.25) is 0 Å². The van der Waals surface area contributed by atoms with Gasteiger partial charge >= 0.3 is 5.97 Å². The zero-order valence-electron chi connectivity index (χ0n) is 8.98. The quantitative estimate of drug-likeness (QED) is 0.825. The van der Waals surface area contributed by atoms with Crippen molar-refractivity contribution in [1.82, 2.24) is 0 Å². The molecule has 0 amide bonds. The molecular formula is C11H13FO4. The van der Waals surface area contributed by atoms with E-state index in [1.165, 1.54) is 32.2 Å². The van der Waals surface area contributed by atoms with Crippen LogP contribution in [0.15, 0.2) is 18.2 Å². The smallest absolute Gasteiger partial charge is 0.337 e. The third-order valence-corrected chi connectivity index (χ3v) is 2.25. The number of halogens is 1. The molecule has 0 heterocycles. The van der Waals surface area contributed by atoms with E-state index in [9.17, 15) is 14.3 Å². The molecule has 0 aromatic heterocycles. The minimum atomic E-state index is -1.75. The van der Waals surface area contributed by atoms with Crippen molar-refractivity contribution in [3.8, 4) is 5.75 Å². The summed E-state index contributed by atoms with van der Waals surface area (Å²) in [4.78, 5) is 10.7. The Bertz CT molecular complexity index is 390. The minimum absolute atomic E-state index is 0.0156. The van der Waals surface area contributed by atoms with Gasteiger partial charge in [-0.15, -0.1) is 0 Å².